The molecule has 148 valence electrons. The predicted octanol–water partition coefficient (Wildman–Crippen LogP) is 3.03. The van der Waals surface area contributed by atoms with Crippen LogP contribution in [-0.2, 0) is 14.8 Å². The minimum absolute atomic E-state index is 0.107. The number of nitriles is 1. The number of nitrogens with one attached hydrogen (secondary N) is 2. The standard InChI is InChI=1S/C18H25IN4O3S/c1-2-3-4-5-6-18(24)21-14-7-8-16(19)17(11-14)27(25,26)22-15-9-10-23(12-15)13-20/h7-8,11,15,22H,2-6,9-10,12H2,1H3,(H,21,24)/t15-/m1/s1. The summed E-state index contributed by atoms with van der Waals surface area (Å²) in [7, 11) is -3.73. The summed E-state index contributed by atoms with van der Waals surface area (Å²) in [5, 5.41) is 11.7. The van der Waals surface area contributed by atoms with Crippen LogP contribution in [0, 0.1) is 15.0 Å². The molecule has 1 heterocycles. The van der Waals surface area contributed by atoms with E-state index in [1.54, 1.807) is 12.1 Å². The maximum atomic E-state index is 12.8. The molecule has 2 rings (SSSR count). The molecule has 1 aliphatic heterocycles. The van der Waals surface area contributed by atoms with Gasteiger partial charge in [0, 0.05) is 34.8 Å². The predicted molar refractivity (Wildman–Crippen MR) is 112 cm³/mol. The summed E-state index contributed by atoms with van der Waals surface area (Å²) >= 11 is 1.97. The molecule has 1 atom stereocenters. The number of unbranched alkanes of at least 4 members (excludes halogenated alkanes) is 3. The van der Waals surface area contributed by atoms with Gasteiger partial charge < -0.3 is 10.2 Å². The molecule has 1 saturated heterocycles. The van der Waals surface area contributed by atoms with Crippen molar-refractivity contribution in [2.75, 3.05) is 18.4 Å². The Bertz CT molecular complexity index is 807. The van der Waals surface area contributed by atoms with Crippen LogP contribution in [0.5, 0.6) is 0 Å². The van der Waals surface area contributed by atoms with E-state index in [-0.39, 0.29) is 16.8 Å². The number of sulfonamides is 1. The van der Waals surface area contributed by atoms with Crippen molar-refractivity contribution in [2.24, 2.45) is 0 Å². The number of halogens is 1. The fourth-order valence-electron chi connectivity index (χ4n) is 2.95. The third kappa shape index (κ3) is 6.62. The maximum absolute atomic E-state index is 12.8. The molecule has 0 saturated carbocycles. The van der Waals surface area contributed by atoms with Gasteiger partial charge in [-0.2, -0.15) is 5.26 Å². The minimum Gasteiger partial charge on any atom is -0.326 e. The Kier molecular flexibility index (Phi) is 8.31. The fourth-order valence-corrected chi connectivity index (χ4v) is 5.52. The highest BCUT2D eigenvalue weighted by Crippen LogP contribution is 2.24. The smallest absolute Gasteiger partial charge is 0.242 e. The van der Waals surface area contributed by atoms with E-state index in [0.29, 0.717) is 35.2 Å². The molecular formula is C18H25IN4O3S. The van der Waals surface area contributed by atoms with Crippen LogP contribution in [0.25, 0.3) is 0 Å². The summed E-state index contributed by atoms with van der Waals surface area (Å²) in [5.41, 5.74) is 0.473. The van der Waals surface area contributed by atoms with Gasteiger partial charge in [-0.3, -0.25) is 4.79 Å². The van der Waals surface area contributed by atoms with Crippen molar-refractivity contribution in [3.63, 3.8) is 0 Å². The third-order valence-electron chi connectivity index (χ3n) is 4.41. The van der Waals surface area contributed by atoms with Gasteiger partial charge in [-0.1, -0.05) is 26.2 Å². The minimum atomic E-state index is -3.73. The summed E-state index contributed by atoms with van der Waals surface area (Å²) in [5.74, 6) is -0.107. The summed E-state index contributed by atoms with van der Waals surface area (Å²) in [6, 6.07) is 4.59. The highest BCUT2D eigenvalue weighted by molar-refractivity contribution is 14.1. The molecular weight excluding hydrogens is 479 g/mol. The van der Waals surface area contributed by atoms with Crippen LogP contribution in [0.1, 0.15) is 45.4 Å². The van der Waals surface area contributed by atoms with E-state index >= 15 is 0 Å². The zero-order valence-corrected chi connectivity index (χ0v) is 18.3. The lowest BCUT2D eigenvalue weighted by Gasteiger charge is -2.15. The average molecular weight is 504 g/mol. The SMILES string of the molecule is CCCCCCC(=O)Nc1ccc(I)c(S(=O)(=O)N[C@@H]2CCN(C#N)C2)c1. The van der Waals surface area contributed by atoms with Crippen molar-refractivity contribution in [3.05, 3.63) is 21.8 Å². The van der Waals surface area contributed by atoms with E-state index in [4.69, 9.17) is 5.26 Å². The largest absolute Gasteiger partial charge is 0.326 e. The Hall–Kier alpha value is -1.38. The van der Waals surface area contributed by atoms with Gasteiger partial charge in [-0.15, -0.1) is 0 Å². The fraction of sp³-hybridized carbons (Fsp3) is 0.556. The van der Waals surface area contributed by atoms with Crippen molar-refractivity contribution in [1.29, 1.82) is 5.26 Å². The Morgan fingerprint density at radius 3 is 2.81 bits per heavy atom. The second kappa shape index (κ2) is 10.2. The molecule has 9 heteroatoms. The van der Waals surface area contributed by atoms with Crippen molar-refractivity contribution in [3.8, 4) is 6.19 Å². The van der Waals surface area contributed by atoms with E-state index in [1.165, 1.54) is 11.0 Å². The molecule has 1 aromatic carbocycles. The van der Waals surface area contributed by atoms with E-state index in [2.05, 4.69) is 17.0 Å². The number of carbonyl (C=O) groups excluding carboxylic acids is 1. The van der Waals surface area contributed by atoms with Gasteiger partial charge in [0.1, 0.15) is 0 Å². The lowest BCUT2D eigenvalue weighted by molar-refractivity contribution is -0.116. The van der Waals surface area contributed by atoms with Gasteiger partial charge in [0.05, 0.1) is 4.90 Å². The Morgan fingerprint density at radius 2 is 2.15 bits per heavy atom. The number of amides is 1. The maximum Gasteiger partial charge on any atom is 0.242 e. The van der Waals surface area contributed by atoms with Crippen molar-refractivity contribution in [2.45, 2.75) is 56.4 Å². The van der Waals surface area contributed by atoms with Crippen LogP contribution >= 0.6 is 22.6 Å². The molecule has 0 aromatic heterocycles. The van der Waals surface area contributed by atoms with E-state index < -0.39 is 10.0 Å². The Morgan fingerprint density at radius 1 is 1.37 bits per heavy atom. The van der Waals surface area contributed by atoms with Crippen LogP contribution in [0.4, 0.5) is 5.69 Å². The van der Waals surface area contributed by atoms with Crippen LogP contribution in [0.2, 0.25) is 0 Å². The zero-order chi connectivity index (χ0) is 19.9. The monoisotopic (exact) mass is 504 g/mol. The molecule has 0 spiro atoms. The van der Waals surface area contributed by atoms with E-state index in [9.17, 15) is 13.2 Å². The normalized spacial score (nSPS) is 16.9. The average Bonchev–Trinajstić information content (AvgIpc) is 3.07. The molecule has 1 amide bonds. The number of rotatable bonds is 9. The highest BCUT2D eigenvalue weighted by atomic mass is 127. The molecule has 7 nitrogen and oxygen atoms in total. The number of hydrogen-bond acceptors (Lipinski definition) is 5. The van der Waals surface area contributed by atoms with E-state index in [0.717, 1.165) is 25.7 Å². The van der Waals surface area contributed by atoms with Crippen LogP contribution < -0.4 is 10.0 Å². The van der Waals surface area contributed by atoms with Crippen LogP contribution in [0.15, 0.2) is 23.1 Å². The first-order chi connectivity index (χ1) is 12.9. The number of carbonyl (C=O) groups is 1. The van der Waals surface area contributed by atoms with Crippen molar-refractivity contribution < 1.29 is 13.2 Å². The molecule has 27 heavy (non-hydrogen) atoms. The van der Waals surface area contributed by atoms with Gasteiger partial charge in [0.15, 0.2) is 6.19 Å². The van der Waals surface area contributed by atoms with Gasteiger partial charge in [-0.25, -0.2) is 13.1 Å². The van der Waals surface area contributed by atoms with Gasteiger partial charge in [-0.05, 0) is 53.6 Å². The third-order valence-corrected chi connectivity index (χ3v) is 7.28. The number of nitrogens with zero attached hydrogens (tertiary/aromatic N) is 2. The molecule has 0 unspecified atom stereocenters. The van der Waals surface area contributed by atoms with E-state index in [1.807, 2.05) is 28.8 Å². The second-order valence-corrected chi connectivity index (χ2v) is 9.50. The highest BCUT2D eigenvalue weighted by Gasteiger charge is 2.28. The summed E-state index contributed by atoms with van der Waals surface area (Å²) in [6.45, 7) is 3.04. The number of anilines is 1. The summed E-state index contributed by atoms with van der Waals surface area (Å²) in [6.07, 6.45) is 7.12. The summed E-state index contributed by atoms with van der Waals surface area (Å²) in [4.78, 5) is 13.7. The lowest BCUT2D eigenvalue weighted by atomic mass is 10.1. The molecule has 0 aliphatic carbocycles. The molecule has 1 fully saturated rings. The molecule has 1 aliphatic rings. The lowest BCUT2D eigenvalue weighted by Crippen LogP contribution is -2.36. The van der Waals surface area contributed by atoms with Crippen LogP contribution in [-0.4, -0.2) is 38.4 Å². The van der Waals surface area contributed by atoms with Crippen LogP contribution in [0.3, 0.4) is 0 Å². The first-order valence-corrected chi connectivity index (χ1v) is 11.7. The van der Waals surface area contributed by atoms with Gasteiger partial charge >= 0.3 is 0 Å². The molecule has 0 bridgehead atoms. The molecule has 1 aromatic rings. The van der Waals surface area contributed by atoms with Gasteiger partial charge in [0.2, 0.25) is 15.9 Å². The van der Waals surface area contributed by atoms with Gasteiger partial charge in [0.25, 0.3) is 0 Å². The van der Waals surface area contributed by atoms with Crippen molar-refractivity contribution >= 4 is 44.2 Å². The molecule has 2 N–H and O–H groups in total. The Balaban J connectivity index is 2.03. The molecule has 0 radical (unpaired) electrons. The first-order valence-electron chi connectivity index (χ1n) is 9.12. The topological polar surface area (TPSA) is 102 Å². The summed E-state index contributed by atoms with van der Waals surface area (Å²) < 4.78 is 28.8. The first kappa shape index (κ1) is 21.9. The second-order valence-electron chi connectivity index (χ2n) is 6.66. The number of hydrogen-bond donors (Lipinski definition) is 2. The Labute approximate surface area is 174 Å². The van der Waals surface area contributed by atoms with Crippen molar-refractivity contribution in [1.82, 2.24) is 9.62 Å². The zero-order valence-electron chi connectivity index (χ0n) is 15.4. The number of benzene rings is 1. The number of likely N-dealkylation sites (tertiary alicyclic amines) is 1. The quantitative estimate of drug-likeness (QED) is 0.306.